The number of alkyl halides is 3. The van der Waals surface area contributed by atoms with E-state index in [1.165, 1.54) is 30.6 Å². The van der Waals surface area contributed by atoms with Crippen molar-refractivity contribution in [3.8, 4) is 0 Å². The lowest BCUT2D eigenvalue weighted by Gasteiger charge is -2.10. The van der Waals surface area contributed by atoms with Gasteiger partial charge in [0.25, 0.3) is 5.56 Å². The fourth-order valence-electron chi connectivity index (χ4n) is 2.16. The van der Waals surface area contributed by atoms with Gasteiger partial charge in [-0.05, 0) is 48.2 Å². The van der Waals surface area contributed by atoms with Crippen LogP contribution in [0.2, 0.25) is 0 Å². The molecule has 0 aliphatic rings. The highest BCUT2D eigenvalue weighted by molar-refractivity contribution is 8.00. The number of urea groups is 1. The Morgan fingerprint density at radius 2 is 1.77 bits per heavy atom. The van der Waals surface area contributed by atoms with Crippen molar-refractivity contribution in [3.63, 3.8) is 0 Å². The largest absolute Gasteiger partial charge is 0.446 e. The average Bonchev–Trinajstić information content (AvgIpc) is 2.58. The van der Waals surface area contributed by atoms with Gasteiger partial charge in [0, 0.05) is 10.6 Å². The molecule has 0 unspecified atom stereocenters. The lowest BCUT2D eigenvalue weighted by Crippen LogP contribution is -2.35. The van der Waals surface area contributed by atoms with E-state index in [0.29, 0.717) is 10.9 Å². The van der Waals surface area contributed by atoms with Crippen molar-refractivity contribution in [2.24, 2.45) is 0 Å². The van der Waals surface area contributed by atoms with Crippen LogP contribution in [0.15, 0.2) is 64.5 Å². The van der Waals surface area contributed by atoms with Gasteiger partial charge in [0.2, 0.25) is 0 Å². The Bertz CT molecular complexity index is 1000. The fraction of sp³-hybridized carbons (Fsp3) is 0.0625. The van der Waals surface area contributed by atoms with Gasteiger partial charge in [-0.3, -0.25) is 4.79 Å². The minimum Gasteiger partial charge on any atom is -0.307 e. The highest BCUT2D eigenvalue weighted by Gasteiger charge is 2.29. The molecular weight excluding hydrogens is 369 g/mol. The van der Waals surface area contributed by atoms with Gasteiger partial charge in [0.05, 0.1) is 10.9 Å². The van der Waals surface area contributed by atoms with E-state index in [2.05, 4.69) is 15.7 Å². The Morgan fingerprint density at radius 1 is 1.08 bits per heavy atom. The van der Waals surface area contributed by atoms with Crippen molar-refractivity contribution in [2.75, 3.05) is 10.7 Å². The molecule has 0 saturated heterocycles. The molecule has 2 amide bonds. The summed E-state index contributed by atoms with van der Waals surface area (Å²) in [7, 11) is 0. The molecule has 2 N–H and O–H groups in total. The Hall–Kier alpha value is -3.01. The summed E-state index contributed by atoms with van der Waals surface area (Å²) < 4.78 is 37.8. The number of rotatable bonds is 3. The number of hydrogen-bond donors (Lipinski definition) is 2. The monoisotopic (exact) mass is 380 g/mol. The van der Waals surface area contributed by atoms with Crippen LogP contribution in [-0.4, -0.2) is 21.2 Å². The fourth-order valence-corrected chi connectivity index (χ4v) is 2.70. The van der Waals surface area contributed by atoms with E-state index in [1.807, 2.05) is 0 Å². The number of hydrogen-bond acceptors (Lipinski definition) is 4. The van der Waals surface area contributed by atoms with Crippen molar-refractivity contribution >= 4 is 34.4 Å². The molecule has 0 bridgehead atoms. The van der Waals surface area contributed by atoms with Crippen LogP contribution in [-0.2, 0) is 0 Å². The summed E-state index contributed by atoms with van der Waals surface area (Å²) >= 11 is -0.248. The molecule has 0 spiro atoms. The number of fused-ring (bicyclic) bond motifs is 1. The van der Waals surface area contributed by atoms with Gasteiger partial charge in [-0.1, -0.05) is 12.1 Å². The van der Waals surface area contributed by atoms with E-state index < -0.39 is 17.1 Å². The number of halogens is 3. The predicted octanol–water partition coefficient (Wildman–Crippen LogP) is 3.78. The molecule has 26 heavy (non-hydrogen) atoms. The first-order valence-corrected chi connectivity index (χ1v) is 8.04. The minimum atomic E-state index is -4.38. The van der Waals surface area contributed by atoms with Crippen molar-refractivity contribution < 1.29 is 18.0 Å². The van der Waals surface area contributed by atoms with Crippen LogP contribution in [0.1, 0.15) is 0 Å². The van der Waals surface area contributed by atoms with Crippen molar-refractivity contribution in [1.82, 2.24) is 9.66 Å². The van der Waals surface area contributed by atoms with E-state index in [9.17, 15) is 22.8 Å². The zero-order chi connectivity index (χ0) is 18.7. The highest BCUT2D eigenvalue weighted by atomic mass is 32.2. The lowest BCUT2D eigenvalue weighted by atomic mass is 10.2. The normalized spacial score (nSPS) is 11.3. The van der Waals surface area contributed by atoms with Crippen molar-refractivity contribution in [3.05, 3.63) is 65.2 Å². The maximum Gasteiger partial charge on any atom is 0.446 e. The van der Waals surface area contributed by atoms with E-state index in [0.717, 1.165) is 4.68 Å². The second kappa shape index (κ2) is 7.08. The van der Waals surface area contributed by atoms with E-state index >= 15 is 0 Å². The molecule has 134 valence electrons. The van der Waals surface area contributed by atoms with Gasteiger partial charge in [-0.2, -0.15) is 13.2 Å². The standard InChI is InChI=1S/C16H11F3N4O2S/c17-16(18,19)26-11-7-5-10(6-8-11)21-15(25)22-23-9-20-13-4-2-1-3-12(13)14(23)24/h1-9H,(H2,21,22,25). The third-order valence-corrected chi connectivity index (χ3v) is 3.97. The molecule has 0 aliphatic heterocycles. The summed E-state index contributed by atoms with van der Waals surface area (Å²) in [5, 5.41) is 2.76. The van der Waals surface area contributed by atoms with E-state index in [4.69, 9.17) is 0 Å². The minimum absolute atomic E-state index is 0.00148. The van der Waals surface area contributed by atoms with Gasteiger partial charge >= 0.3 is 11.5 Å². The molecule has 0 aliphatic carbocycles. The molecular formula is C16H11F3N4O2S. The number of carbonyl (C=O) groups is 1. The molecule has 0 atom stereocenters. The van der Waals surface area contributed by atoms with E-state index in [1.54, 1.807) is 24.3 Å². The first-order valence-electron chi connectivity index (χ1n) is 7.22. The highest BCUT2D eigenvalue weighted by Crippen LogP contribution is 2.36. The summed E-state index contributed by atoms with van der Waals surface area (Å²) in [5.41, 5.74) is -1.76. The first kappa shape index (κ1) is 17.8. The van der Waals surface area contributed by atoms with Crippen LogP contribution >= 0.6 is 11.8 Å². The second-order valence-electron chi connectivity index (χ2n) is 5.07. The molecule has 6 nitrogen and oxygen atoms in total. The van der Waals surface area contributed by atoms with Crippen LogP contribution in [0.5, 0.6) is 0 Å². The predicted molar refractivity (Wildman–Crippen MR) is 92.7 cm³/mol. The number of carbonyl (C=O) groups excluding carboxylic acids is 1. The smallest absolute Gasteiger partial charge is 0.307 e. The Labute approximate surface area is 149 Å². The topological polar surface area (TPSA) is 76.0 Å². The number of para-hydroxylation sites is 1. The molecule has 0 radical (unpaired) electrons. The zero-order valence-electron chi connectivity index (χ0n) is 12.9. The molecule has 0 fully saturated rings. The first-order chi connectivity index (χ1) is 12.3. The van der Waals surface area contributed by atoms with Crippen LogP contribution in [0, 0.1) is 0 Å². The summed E-state index contributed by atoms with van der Waals surface area (Å²) in [6.07, 6.45) is 1.17. The van der Waals surface area contributed by atoms with Gasteiger partial charge in [0.1, 0.15) is 6.33 Å². The number of anilines is 1. The average molecular weight is 380 g/mol. The molecule has 10 heteroatoms. The van der Waals surface area contributed by atoms with Crippen molar-refractivity contribution in [1.29, 1.82) is 0 Å². The van der Waals surface area contributed by atoms with Gasteiger partial charge in [0.15, 0.2) is 0 Å². The Morgan fingerprint density at radius 3 is 2.46 bits per heavy atom. The molecule has 3 aromatic rings. The number of nitrogens with zero attached hydrogens (tertiary/aromatic N) is 2. The third-order valence-electron chi connectivity index (χ3n) is 3.23. The van der Waals surface area contributed by atoms with Gasteiger partial charge in [-0.25, -0.2) is 19.9 Å². The molecule has 0 saturated carbocycles. The summed E-state index contributed by atoms with van der Waals surface area (Å²) in [5.74, 6) is 0. The van der Waals surface area contributed by atoms with Crippen LogP contribution in [0.4, 0.5) is 23.7 Å². The number of nitrogens with one attached hydrogen (secondary N) is 2. The Balaban J connectivity index is 1.69. The molecule has 1 aromatic heterocycles. The number of amides is 2. The SMILES string of the molecule is O=C(Nc1ccc(SC(F)(F)F)cc1)Nn1cnc2ccccc2c1=O. The number of aromatic nitrogens is 2. The second-order valence-corrected chi connectivity index (χ2v) is 6.21. The maximum atomic E-state index is 12.3. The lowest BCUT2D eigenvalue weighted by molar-refractivity contribution is -0.0328. The number of thioether (sulfide) groups is 1. The number of benzene rings is 2. The van der Waals surface area contributed by atoms with Crippen molar-refractivity contribution in [2.45, 2.75) is 10.4 Å². The third kappa shape index (κ3) is 4.33. The quantitative estimate of drug-likeness (QED) is 0.678. The van der Waals surface area contributed by atoms with Gasteiger partial charge < -0.3 is 5.32 Å². The van der Waals surface area contributed by atoms with E-state index in [-0.39, 0.29) is 22.3 Å². The summed E-state index contributed by atoms with van der Waals surface area (Å²) in [4.78, 5) is 28.3. The molecule has 2 aromatic carbocycles. The Kier molecular flexibility index (Phi) is 4.85. The molecule has 1 heterocycles. The summed E-state index contributed by atoms with van der Waals surface area (Å²) in [6, 6.07) is 11.1. The maximum absolute atomic E-state index is 12.3. The summed E-state index contributed by atoms with van der Waals surface area (Å²) in [6.45, 7) is 0. The van der Waals surface area contributed by atoms with Gasteiger partial charge in [-0.15, -0.1) is 0 Å². The van der Waals surface area contributed by atoms with Crippen LogP contribution in [0.3, 0.4) is 0 Å². The van der Waals surface area contributed by atoms with Crippen LogP contribution < -0.4 is 16.3 Å². The zero-order valence-corrected chi connectivity index (χ0v) is 13.8. The van der Waals surface area contributed by atoms with Crippen LogP contribution in [0.25, 0.3) is 10.9 Å². The molecule has 3 rings (SSSR count).